The van der Waals surface area contributed by atoms with Crippen molar-refractivity contribution >= 4 is 34.1 Å². The lowest BCUT2D eigenvalue weighted by molar-refractivity contribution is -0.114. The van der Waals surface area contributed by atoms with Crippen LogP contribution in [0.15, 0.2) is 33.0 Å². The molecule has 0 saturated heterocycles. The number of rotatable bonds is 5. The van der Waals surface area contributed by atoms with Gasteiger partial charge in [0, 0.05) is 12.5 Å². The maximum Gasteiger partial charge on any atom is 0.248 e. The van der Waals surface area contributed by atoms with E-state index >= 15 is 0 Å². The predicted molar refractivity (Wildman–Crippen MR) is 88.2 cm³/mol. The number of anilines is 1. The first kappa shape index (κ1) is 15.6. The average Bonchev–Trinajstić information content (AvgIpc) is 3.14. The molecule has 0 aliphatic carbocycles. The van der Waals surface area contributed by atoms with Crippen molar-refractivity contribution in [3.05, 3.63) is 35.7 Å². The van der Waals surface area contributed by atoms with Crippen LogP contribution in [0.4, 0.5) is 5.13 Å². The molecule has 3 aromatic rings. The molecule has 0 aliphatic rings. The summed E-state index contributed by atoms with van der Waals surface area (Å²) in [6.45, 7) is 3.43. The van der Waals surface area contributed by atoms with E-state index in [1.165, 1.54) is 30.0 Å². The van der Waals surface area contributed by atoms with Crippen molar-refractivity contribution in [3.63, 3.8) is 0 Å². The summed E-state index contributed by atoms with van der Waals surface area (Å²) >= 11 is 2.74. The highest BCUT2D eigenvalue weighted by atomic mass is 32.2. The van der Waals surface area contributed by atoms with Gasteiger partial charge in [-0.2, -0.15) is 0 Å². The van der Waals surface area contributed by atoms with Crippen molar-refractivity contribution < 1.29 is 9.21 Å². The van der Waals surface area contributed by atoms with Gasteiger partial charge in [0.25, 0.3) is 0 Å². The minimum Gasteiger partial charge on any atom is -0.420 e. The van der Waals surface area contributed by atoms with Gasteiger partial charge in [-0.15, -0.1) is 20.4 Å². The molecule has 0 atom stereocenters. The molecule has 0 bridgehead atoms. The number of carbonyl (C=O) groups is 1. The zero-order valence-electron chi connectivity index (χ0n) is 12.4. The van der Waals surface area contributed by atoms with Crippen LogP contribution in [0.1, 0.15) is 18.4 Å². The molecule has 0 spiro atoms. The lowest BCUT2D eigenvalue weighted by atomic mass is 10.1. The Bertz CT molecular complexity index is 830. The summed E-state index contributed by atoms with van der Waals surface area (Å²) in [6.07, 6.45) is 0. The molecule has 2 aromatic heterocycles. The molecule has 118 valence electrons. The molecule has 2 heterocycles. The summed E-state index contributed by atoms with van der Waals surface area (Å²) in [5, 5.41) is 19.1. The Hall–Kier alpha value is -2.26. The first-order valence-corrected chi connectivity index (χ1v) is 8.54. The van der Waals surface area contributed by atoms with Crippen molar-refractivity contribution in [2.45, 2.75) is 23.9 Å². The van der Waals surface area contributed by atoms with Gasteiger partial charge >= 0.3 is 0 Å². The molecule has 7 nitrogen and oxygen atoms in total. The van der Waals surface area contributed by atoms with Gasteiger partial charge in [-0.05, 0) is 18.6 Å². The topological polar surface area (TPSA) is 93.8 Å². The monoisotopic (exact) mass is 347 g/mol. The van der Waals surface area contributed by atoms with Crippen LogP contribution >= 0.6 is 23.1 Å². The number of hydrogen-bond acceptors (Lipinski definition) is 8. The van der Waals surface area contributed by atoms with Crippen LogP contribution in [-0.4, -0.2) is 26.3 Å². The van der Waals surface area contributed by atoms with Crippen molar-refractivity contribution in [2.75, 3.05) is 5.32 Å². The smallest absolute Gasteiger partial charge is 0.248 e. The molecule has 23 heavy (non-hydrogen) atoms. The minimum absolute atomic E-state index is 0.169. The molecule has 9 heteroatoms. The van der Waals surface area contributed by atoms with E-state index in [1.807, 2.05) is 31.2 Å². The number of carbonyl (C=O) groups excluding carboxylic acids is 1. The summed E-state index contributed by atoms with van der Waals surface area (Å²) in [7, 11) is 0. The van der Waals surface area contributed by atoms with E-state index in [2.05, 4.69) is 25.7 Å². The maximum atomic E-state index is 11.0. The van der Waals surface area contributed by atoms with Gasteiger partial charge in [0.15, 0.2) is 4.34 Å². The second-order valence-corrected chi connectivity index (χ2v) is 6.86. The van der Waals surface area contributed by atoms with Crippen molar-refractivity contribution in [1.29, 1.82) is 0 Å². The van der Waals surface area contributed by atoms with Gasteiger partial charge in [0.2, 0.25) is 22.8 Å². The van der Waals surface area contributed by atoms with Crippen LogP contribution in [0.3, 0.4) is 0 Å². The summed E-state index contributed by atoms with van der Waals surface area (Å²) < 4.78 is 6.41. The minimum atomic E-state index is -0.169. The van der Waals surface area contributed by atoms with Crippen LogP contribution in [-0.2, 0) is 10.5 Å². The largest absolute Gasteiger partial charge is 0.420 e. The standard InChI is InChI=1S/C14H13N5O2S2/c1-8-5-3-4-6-10(8)12-17-16-11(21-12)7-22-14-19-18-13(23-14)15-9(2)20/h3-6H,7H2,1-2H3,(H,15,18,20). The van der Waals surface area contributed by atoms with E-state index in [0.29, 0.717) is 22.7 Å². The number of aryl methyl sites for hydroxylation is 1. The van der Waals surface area contributed by atoms with E-state index in [4.69, 9.17) is 4.42 Å². The van der Waals surface area contributed by atoms with Gasteiger partial charge in [0.05, 0.1) is 5.75 Å². The van der Waals surface area contributed by atoms with Crippen molar-refractivity contribution in [1.82, 2.24) is 20.4 Å². The molecule has 0 radical (unpaired) electrons. The molecule has 3 rings (SSSR count). The molecule has 0 unspecified atom stereocenters. The van der Waals surface area contributed by atoms with Crippen LogP contribution < -0.4 is 5.32 Å². The lowest BCUT2D eigenvalue weighted by Gasteiger charge is -1.98. The third-order valence-corrected chi connectivity index (χ3v) is 4.81. The first-order chi connectivity index (χ1) is 11.1. The first-order valence-electron chi connectivity index (χ1n) is 6.74. The van der Waals surface area contributed by atoms with Gasteiger partial charge in [-0.25, -0.2) is 0 Å². The summed E-state index contributed by atoms with van der Waals surface area (Å²) in [6, 6.07) is 7.85. The Morgan fingerprint density at radius 1 is 1.26 bits per heavy atom. The number of hydrogen-bond donors (Lipinski definition) is 1. The predicted octanol–water partition coefficient (Wildman–Crippen LogP) is 3.15. The fourth-order valence-corrected chi connectivity index (χ4v) is 3.46. The van der Waals surface area contributed by atoms with E-state index in [-0.39, 0.29) is 5.91 Å². The van der Waals surface area contributed by atoms with E-state index in [1.54, 1.807) is 0 Å². The van der Waals surface area contributed by atoms with Crippen molar-refractivity contribution in [3.8, 4) is 11.5 Å². The molecular formula is C14H13N5O2S2. The number of aromatic nitrogens is 4. The Labute approximate surface area is 140 Å². The summed E-state index contributed by atoms with van der Waals surface area (Å²) in [5.41, 5.74) is 2.01. The maximum absolute atomic E-state index is 11.0. The number of nitrogens with one attached hydrogen (secondary N) is 1. The Balaban J connectivity index is 1.64. The third-order valence-electron chi connectivity index (χ3n) is 2.85. The molecule has 1 aromatic carbocycles. The van der Waals surface area contributed by atoms with Gasteiger partial charge in [0.1, 0.15) is 0 Å². The van der Waals surface area contributed by atoms with Crippen LogP contribution in [0.25, 0.3) is 11.5 Å². The molecule has 0 aliphatic heterocycles. The van der Waals surface area contributed by atoms with E-state index in [0.717, 1.165) is 15.5 Å². The quantitative estimate of drug-likeness (QED) is 0.559. The van der Waals surface area contributed by atoms with Crippen LogP contribution in [0.5, 0.6) is 0 Å². The summed E-state index contributed by atoms with van der Waals surface area (Å²) in [4.78, 5) is 11.0. The molecular weight excluding hydrogens is 334 g/mol. The average molecular weight is 347 g/mol. The molecule has 1 N–H and O–H groups in total. The Morgan fingerprint density at radius 3 is 2.87 bits per heavy atom. The second-order valence-electron chi connectivity index (χ2n) is 4.66. The highest BCUT2D eigenvalue weighted by Gasteiger charge is 2.12. The zero-order valence-corrected chi connectivity index (χ0v) is 14.1. The Kier molecular flexibility index (Phi) is 4.68. The molecule has 0 saturated carbocycles. The molecule has 0 fully saturated rings. The van der Waals surface area contributed by atoms with Gasteiger partial charge < -0.3 is 9.73 Å². The lowest BCUT2D eigenvalue weighted by Crippen LogP contribution is -2.04. The fraction of sp³-hybridized carbons (Fsp3) is 0.214. The molecule has 1 amide bonds. The van der Waals surface area contributed by atoms with E-state index in [9.17, 15) is 4.79 Å². The summed E-state index contributed by atoms with van der Waals surface area (Å²) in [5.74, 6) is 1.35. The number of benzene rings is 1. The second kappa shape index (κ2) is 6.88. The van der Waals surface area contributed by atoms with Crippen LogP contribution in [0.2, 0.25) is 0 Å². The van der Waals surface area contributed by atoms with Gasteiger partial charge in [-0.1, -0.05) is 41.3 Å². The number of amides is 1. The normalized spacial score (nSPS) is 10.7. The fourth-order valence-electron chi connectivity index (χ4n) is 1.83. The highest BCUT2D eigenvalue weighted by Crippen LogP contribution is 2.29. The zero-order chi connectivity index (χ0) is 16.2. The number of nitrogens with zero attached hydrogens (tertiary/aromatic N) is 4. The number of thioether (sulfide) groups is 1. The Morgan fingerprint density at radius 2 is 2.09 bits per heavy atom. The third kappa shape index (κ3) is 3.93. The van der Waals surface area contributed by atoms with E-state index < -0.39 is 0 Å². The van der Waals surface area contributed by atoms with Crippen LogP contribution in [0, 0.1) is 6.92 Å². The van der Waals surface area contributed by atoms with Crippen molar-refractivity contribution in [2.24, 2.45) is 0 Å². The SMILES string of the molecule is CC(=O)Nc1nnc(SCc2nnc(-c3ccccc3C)o2)s1. The van der Waals surface area contributed by atoms with Gasteiger partial charge in [-0.3, -0.25) is 4.79 Å². The highest BCUT2D eigenvalue weighted by molar-refractivity contribution is 8.00.